The van der Waals surface area contributed by atoms with Gasteiger partial charge in [-0.05, 0) is 6.92 Å². The molecule has 1 unspecified atom stereocenters. The number of nitrogen functional groups attached to an aromatic ring is 1. The monoisotopic (exact) mass is 381 g/mol. The molecule has 0 saturated carbocycles. The Hall–Kier alpha value is -0.710. The predicted octanol–water partition coefficient (Wildman–Crippen LogP) is 0.803. The van der Waals surface area contributed by atoms with Crippen LogP contribution in [0, 0.1) is 6.92 Å². The first-order valence-electron chi connectivity index (χ1n) is 5.84. The zero-order valence-corrected chi connectivity index (χ0v) is 12.9. The fourth-order valence-electron chi connectivity index (χ4n) is 2.06. The maximum atomic E-state index is 11.9. The van der Waals surface area contributed by atoms with Gasteiger partial charge in [0.1, 0.15) is 47.3 Å². The fourth-order valence-corrected chi connectivity index (χ4v) is 2.60. The van der Waals surface area contributed by atoms with Crippen molar-refractivity contribution in [3.63, 3.8) is 0 Å². The third kappa shape index (κ3) is 3.07. The van der Waals surface area contributed by atoms with E-state index < -0.39 is 11.9 Å². The van der Waals surface area contributed by atoms with Crippen LogP contribution in [-0.2, 0) is 12.5 Å². The van der Waals surface area contributed by atoms with Crippen LogP contribution in [-0.4, -0.2) is 35.5 Å². The van der Waals surface area contributed by atoms with Gasteiger partial charge in [-0.3, -0.25) is 4.57 Å². The van der Waals surface area contributed by atoms with Crippen LogP contribution in [0.25, 0.3) is 0 Å². The molecule has 3 atom stereocenters. The fraction of sp³-hybridized carbons (Fsp3) is 0.636. The maximum absolute atomic E-state index is 11.9. The summed E-state index contributed by atoms with van der Waals surface area (Å²) >= 11 is 1.84. The first kappa shape index (κ1) is 14.7. The summed E-state index contributed by atoms with van der Waals surface area (Å²) in [6.45, 7) is 2.21. The summed E-state index contributed by atoms with van der Waals surface area (Å²) < 4.78 is 17.7. The first-order chi connectivity index (χ1) is 9.06. The molecule has 1 aliphatic rings. The van der Waals surface area contributed by atoms with E-state index >= 15 is 0 Å². The van der Waals surface area contributed by atoms with Gasteiger partial charge in [-0.1, -0.05) is 0 Å². The number of rotatable bonds is 4. The van der Waals surface area contributed by atoms with E-state index in [2.05, 4.69) is 4.98 Å². The van der Waals surface area contributed by atoms with Gasteiger partial charge in [-0.2, -0.15) is 4.98 Å². The number of nitrogens with zero attached hydrogens (tertiary/aromatic N) is 2. The molecule has 2 N–H and O–H groups in total. The highest BCUT2D eigenvalue weighted by atomic mass is 127. The van der Waals surface area contributed by atoms with Gasteiger partial charge in [0.05, 0.1) is 6.61 Å². The highest BCUT2D eigenvalue weighted by Crippen LogP contribution is 2.31. The summed E-state index contributed by atoms with van der Waals surface area (Å²) in [5.41, 5.74) is 5.93. The molecule has 7 nitrogen and oxygen atoms in total. The van der Waals surface area contributed by atoms with E-state index in [1.165, 1.54) is 4.57 Å². The van der Waals surface area contributed by atoms with Crippen molar-refractivity contribution >= 4 is 28.8 Å². The van der Waals surface area contributed by atoms with Crippen molar-refractivity contribution in [3.05, 3.63) is 22.2 Å². The second-order valence-electron chi connectivity index (χ2n) is 4.45. The van der Waals surface area contributed by atoms with Gasteiger partial charge in [0.15, 0.2) is 0 Å². The molecule has 19 heavy (non-hydrogen) atoms. The molecule has 1 fully saturated rings. The third-order valence-electron chi connectivity index (χ3n) is 3.11. The van der Waals surface area contributed by atoms with Crippen molar-refractivity contribution in [1.82, 2.24) is 9.55 Å². The van der Waals surface area contributed by atoms with Crippen LogP contribution in [0.3, 0.4) is 0 Å². The summed E-state index contributed by atoms with van der Waals surface area (Å²) in [4.78, 5) is 15.6. The van der Waals surface area contributed by atoms with Crippen LogP contribution in [0.4, 0.5) is 5.82 Å². The van der Waals surface area contributed by atoms with E-state index in [0.29, 0.717) is 13.0 Å². The smallest absolute Gasteiger partial charge is 0.351 e. The lowest BCUT2D eigenvalue weighted by Gasteiger charge is -2.16. The van der Waals surface area contributed by atoms with Crippen molar-refractivity contribution in [3.8, 4) is 0 Å². The minimum Gasteiger partial charge on any atom is -0.383 e. The Morgan fingerprint density at radius 1 is 1.68 bits per heavy atom. The van der Waals surface area contributed by atoms with Crippen molar-refractivity contribution < 1.29 is 12.5 Å². The van der Waals surface area contributed by atoms with E-state index in [1.54, 1.807) is 20.2 Å². The molecule has 106 valence electrons. The Balaban J connectivity index is 2.24. The summed E-state index contributed by atoms with van der Waals surface area (Å²) in [5.74, 6) is 0.245. The Morgan fingerprint density at radius 2 is 2.42 bits per heavy atom. The zero-order chi connectivity index (χ0) is 14.0. The number of aromatic nitrogens is 2. The standard InChI is InChI=1S/C11H16IN3O4/c1-6-4-15(11(16)14-10(6)13)9-3-7(19-12)8(18-9)5-17-2/h4,7-9H,3,5H2,1-2H3,(H2,13,14,16)/t7?,8-,9-/m1/s1. The SMILES string of the molecule is COC[C@H]1O[C@@H](n2cc(C)c(N)nc2=O)CC1OI. The first-order valence-corrected chi connectivity index (χ1v) is 6.72. The number of hydrogen-bond donors (Lipinski definition) is 1. The molecule has 0 spiro atoms. The molecule has 0 aromatic carbocycles. The molecule has 1 aromatic rings. The molecule has 0 amide bonds. The number of nitrogens with two attached hydrogens (primary N) is 1. The molecule has 1 aromatic heterocycles. The number of hydrogen-bond acceptors (Lipinski definition) is 6. The van der Waals surface area contributed by atoms with Crippen LogP contribution in [0.1, 0.15) is 18.2 Å². The maximum Gasteiger partial charge on any atom is 0.351 e. The second-order valence-corrected chi connectivity index (χ2v) is 4.96. The number of anilines is 1. The Morgan fingerprint density at radius 3 is 3.05 bits per heavy atom. The molecule has 2 rings (SSSR count). The molecular formula is C11H16IN3O4. The average Bonchev–Trinajstić information content (AvgIpc) is 2.77. The number of aryl methyl sites for hydroxylation is 1. The average molecular weight is 381 g/mol. The predicted molar refractivity (Wildman–Crippen MR) is 76.9 cm³/mol. The summed E-state index contributed by atoms with van der Waals surface area (Å²) in [6, 6.07) is 0. The van der Waals surface area contributed by atoms with Crippen LogP contribution in [0.5, 0.6) is 0 Å². The topological polar surface area (TPSA) is 88.6 Å². The normalized spacial score (nSPS) is 26.8. The van der Waals surface area contributed by atoms with Crippen LogP contribution >= 0.6 is 23.0 Å². The zero-order valence-electron chi connectivity index (χ0n) is 10.7. The molecular weight excluding hydrogens is 365 g/mol. The summed E-state index contributed by atoms with van der Waals surface area (Å²) in [5, 5.41) is 0. The quantitative estimate of drug-likeness (QED) is 0.777. The van der Waals surface area contributed by atoms with Gasteiger partial charge in [-0.25, -0.2) is 4.79 Å². The van der Waals surface area contributed by atoms with Gasteiger partial charge in [0, 0.05) is 25.3 Å². The van der Waals surface area contributed by atoms with Crippen molar-refractivity contribution in [2.45, 2.75) is 31.8 Å². The minimum absolute atomic E-state index is 0.115. The molecule has 8 heteroatoms. The largest absolute Gasteiger partial charge is 0.383 e. The molecule has 0 aliphatic carbocycles. The van der Waals surface area contributed by atoms with Gasteiger partial charge in [0.25, 0.3) is 0 Å². The number of methoxy groups -OCH3 is 1. The second kappa shape index (κ2) is 6.16. The highest BCUT2D eigenvalue weighted by Gasteiger charge is 2.37. The lowest BCUT2D eigenvalue weighted by Crippen LogP contribution is -2.29. The summed E-state index contributed by atoms with van der Waals surface area (Å²) in [6.07, 6.45) is 1.52. The lowest BCUT2D eigenvalue weighted by molar-refractivity contribution is -0.0469. The van der Waals surface area contributed by atoms with Crippen LogP contribution in [0.2, 0.25) is 0 Å². The van der Waals surface area contributed by atoms with E-state index in [4.69, 9.17) is 18.3 Å². The Labute approximate surface area is 124 Å². The van der Waals surface area contributed by atoms with Crippen molar-refractivity contribution in [1.29, 1.82) is 0 Å². The Bertz CT molecular complexity index is 507. The van der Waals surface area contributed by atoms with Gasteiger partial charge < -0.3 is 18.3 Å². The van der Waals surface area contributed by atoms with Crippen molar-refractivity contribution in [2.75, 3.05) is 19.5 Å². The molecule has 1 aliphatic heterocycles. The highest BCUT2D eigenvalue weighted by molar-refractivity contribution is 14.1. The number of ether oxygens (including phenoxy) is 2. The van der Waals surface area contributed by atoms with E-state index in [0.717, 1.165) is 5.56 Å². The Kier molecular flexibility index (Phi) is 4.76. The molecule has 0 radical (unpaired) electrons. The van der Waals surface area contributed by atoms with E-state index in [9.17, 15) is 4.79 Å². The number of halogens is 1. The molecule has 2 heterocycles. The van der Waals surface area contributed by atoms with Crippen molar-refractivity contribution in [2.24, 2.45) is 0 Å². The van der Waals surface area contributed by atoms with Gasteiger partial charge >= 0.3 is 5.69 Å². The van der Waals surface area contributed by atoms with Crippen LogP contribution in [0.15, 0.2) is 11.0 Å². The molecule has 1 saturated heterocycles. The third-order valence-corrected chi connectivity index (χ3v) is 3.76. The van der Waals surface area contributed by atoms with Gasteiger partial charge in [0.2, 0.25) is 0 Å². The van der Waals surface area contributed by atoms with E-state index in [-0.39, 0.29) is 18.0 Å². The lowest BCUT2D eigenvalue weighted by atomic mass is 10.2. The van der Waals surface area contributed by atoms with Crippen LogP contribution < -0.4 is 11.4 Å². The van der Waals surface area contributed by atoms with Gasteiger partial charge in [-0.15, -0.1) is 0 Å². The van der Waals surface area contributed by atoms with E-state index in [1.807, 2.05) is 23.0 Å². The minimum atomic E-state index is -0.418. The summed E-state index contributed by atoms with van der Waals surface area (Å²) in [7, 11) is 1.60. The molecule has 0 bridgehead atoms.